The lowest BCUT2D eigenvalue weighted by atomic mass is 9.84. The maximum absolute atomic E-state index is 14.7. The Morgan fingerprint density at radius 3 is 2.29 bits per heavy atom. The van der Waals surface area contributed by atoms with Gasteiger partial charge in [-0.05, 0) is 52.6 Å². The second-order valence-corrected chi connectivity index (χ2v) is 17.0. The number of rotatable bonds is 7. The van der Waals surface area contributed by atoms with Gasteiger partial charge < -0.3 is 29.6 Å². The first-order valence-corrected chi connectivity index (χ1v) is 19.0. The maximum Gasteiger partial charge on any atom is 0.399 e. The number of morpholine rings is 1. The van der Waals surface area contributed by atoms with Crippen molar-refractivity contribution in [3.63, 3.8) is 0 Å². The molecule has 2 aliphatic heterocycles. The fourth-order valence-corrected chi connectivity index (χ4v) is 8.12. The molecule has 2 aliphatic rings. The third-order valence-corrected chi connectivity index (χ3v) is 11.5. The van der Waals surface area contributed by atoms with E-state index in [4.69, 9.17) is 4.74 Å². The Morgan fingerprint density at radius 1 is 0.961 bits per heavy atom. The van der Waals surface area contributed by atoms with Gasteiger partial charge in [0.1, 0.15) is 18.2 Å². The zero-order chi connectivity index (χ0) is 36.9. The van der Waals surface area contributed by atoms with Crippen molar-refractivity contribution >= 4 is 46.7 Å². The fourth-order valence-electron chi connectivity index (χ4n) is 6.70. The summed E-state index contributed by atoms with van der Waals surface area (Å²) in [4.78, 5) is 64.7. The molecule has 270 valence electrons. The first kappa shape index (κ1) is 36.8. The number of halogens is 2. The Kier molecular flexibility index (Phi) is 9.99. The number of hydrogen-bond donors (Lipinski definition) is 3. The van der Waals surface area contributed by atoms with Gasteiger partial charge in [0.05, 0.1) is 17.5 Å². The molecule has 1 aromatic heterocycles. The van der Waals surface area contributed by atoms with Crippen LogP contribution in [0.5, 0.6) is 0 Å². The van der Waals surface area contributed by atoms with Crippen LogP contribution in [0, 0.1) is 5.41 Å². The van der Waals surface area contributed by atoms with Crippen LogP contribution in [0.25, 0.3) is 10.1 Å². The number of thiophene rings is 1. The summed E-state index contributed by atoms with van der Waals surface area (Å²) >= 11 is 0.997. The minimum Gasteiger partial charge on any atom is -0.367 e. The molecule has 3 amide bonds. The van der Waals surface area contributed by atoms with E-state index >= 15 is 0 Å². The van der Waals surface area contributed by atoms with Crippen molar-refractivity contribution < 1.29 is 42.3 Å². The molecule has 0 saturated carbocycles. The summed E-state index contributed by atoms with van der Waals surface area (Å²) < 4.78 is 46.9. The molecule has 14 heteroatoms. The van der Waals surface area contributed by atoms with E-state index < -0.39 is 48.1 Å². The van der Waals surface area contributed by atoms with Crippen molar-refractivity contribution in [2.24, 2.45) is 5.41 Å². The van der Waals surface area contributed by atoms with E-state index in [9.17, 15) is 37.5 Å². The first-order chi connectivity index (χ1) is 23.9. The molecule has 51 heavy (non-hydrogen) atoms. The number of carbonyl (C=O) groups is 3. The highest BCUT2D eigenvalue weighted by atomic mass is 32.1. The second kappa shape index (κ2) is 13.9. The largest absolute Gasteiger partial charge is 0.399 e. The molecule has 4 aromatic rings. The minimum atomic E-state index is -5.79. The number of carbonyl (C=O) groups excluding carboxylic acids is 3. The van der Waals surface area contributed by atoms with E-state index in [1.54, 1.807) is 30.6 Å². The smallest absolute Gasteiger partial charge is 0.367 e. The molecule has 1 fully saturated rings. The number of amides is 3. The third-order valence-electron chi connectivity index (χ3n) is 9.40. The van der Waals surface area contributed by atoms with Crippen molar-refractivity contribution in [1.82, 2.24) is 15.1 Å². The average Bonchev–Trinajstić information content (AvgIpc) is 3.52. The van der Waals surface area contributed by atoms with Crippen molar-refractivity contribution in [3.05, 3.63) is 106 Å². The van der Waals surface area contributed by atoms with Gasteiger partial charge in [0.15, 0.2) is 0 Å². The topological polar surface area (TPSA) is 136 Å². The van der Waals surface area contributed by atoms with Crippen molar-refractivity contribution in [3.8, 4) is 0 Å². The minimum absolute atomic E-state index is 0.120. The molecule has 3 N–H and O–H groups in total. The number of benzene rings is 3. The van der Waals surface area contributed by atoms with Crippen molar-refractivity contribution in [2.45, 2.75) is 70.6 Å². The Hall–Kier alpha value is -4.00. The number of hydrogen-bond acceptors (Lipinski definition) is 6. The molecule has 0 bridgehead atoms. The van der Waals surface area contributed by atoms with E-state index in [0.29, 0.717) is 24.2 Å². The molecular formula is C37H40F2N3O7PS. The predicted octanol–water partition coefficient (Wildman–Crippen LogP) is 6.21. The van der Waals surface area contributed by atoms with Crippen LogP contribution < -0.4 is 5.32 Å². The van der Waals surface area contributed by atoms with Crippen LogP contribution in [0.1, 0.15) is 65.7 Å². The van der Waals surface area contributed by atoms with Crippen LogP contribution in [-0.4, -0.2) is 68.6 Å². The highest BCUT2D eigenvalue weighted by molar-refractivity contribution is 7.52. The normalized spacial score (nSPS) is 20.5. The van der Waals surface area contributed by atoms with Gasteiger partial charge >= 0.3 is 13.3 Å². The first-order valence-electron chi connectivity index (χ1n) is 16.6. The summed E-state index contributed by atoms with van der Waals surface area (Å²) in [7, 11) is -5.79. The van der Waals surface area contributed by atoms with Crippen LogP contribution in [0.2, 0.25) is 0 Å². The molecule has 6 rings (SSSR count). The molecule has 4 atom stereocenters. The molecule has 3 aromatic carbocycles. The van der Waals surface area contributed by atoms with Crippen LogP contribution in [0.15, 0.2) is 78.9 Å². The monoisotopic (exact) mass is 739 g/mol. The van der Waals surface area contributed by atoms with Gasteiger partial charge in [-0.25, -0.2) is 0 Å². The van der Waals surface area contributed by atoms with Crippen LogP contribution in [0.3, 0.4) is 0 Å². The zero-order valence-electron chi connectivity index (χ0n) is 28.6. The Morgan fingerprint density at radius 2 is 1.63 bits per heavy atom. The van der Waals surface area contributed by atoms with Crippen molar-refractivity contribution in [2.75, 3.05) is 13.1 Å². The summed E-state index contributed by atoms with van der Waals surface area (Å²) in [6.07, 6.45) is -0.276. The van der Waals surface area contributed by atoms with Crippen LogP contribution in [0.4, 0.5) is 8.78 Å². The maximum atomic E-state index is 14.7. The molecule has 0 spiro atoms. The van der Waals surface area contributed by atoms with Crippen LogP contribution >= 0.6 is 18.9 Å². The summed E-state index contributed by atoms with van der Waals surface area (Å²) in [5, 5.41) is 3.06. The molecule has 3 heterocycles. The molecule has 1 unspecified atom stereocenters. The van der Waals surface area contributed by atoms with Gasteiger partial charge in [-0.1, -0.05) is 81.4 Å². The van der Waals surface area contributed by atoms with E-state index in [0.717, 1.165) is 40.2 Å². The Balaban J connectivity index is 1.28. The van der Waals surface area contributed by atoms with Gasteiger partial charge in [-0.3, -0.25) is 18.9 Å². The lowest BCUT2D eigenvalue weighted by molar-refractivity contribution is -0.157. The lowest BCUT2D eigenvalue weighted by Crippen LogP contribution is -2.62. The van der Waals surface area contributed by atoms with Crippen LogP contribution in [-0.2, 0) is 37.5 Å². The summed E-state index contributed by atoms with van der Waals surface area (Å²) in [6.45, 7) is 8.17. The second-order valence-electron chi connectivity index (χ2n) is 14.3. The van der Waals surface area contributed by atoms with Crippen molar-refractivity contribution in [1.29, 1.82) is 0 Å². The zero-order valence-corrected chi connectivity index (χ0v) is 30.3. The fraction of sp³-hybridized carbons (Fsp3) is 0.378. The third kappa shape index (κ3) is 7.50. The van der Waals surface area contributed by atoms with Gasteiger partial charge in [-0.15, -0.1) is 11.3 Å². The SMILES string of the molecule is CC1CN(C(=O)[C@@H]2Cc3ccccc3CN2C(=O)[C@@H](NC(=O)c2cc3cc(C(F)(F)P(=O)(O)O)ccc3s2)C(C)(C)C)C[C@H](c2ccccc2)O1. The van der Waals surface area contributed by atoms with Gasteiger partial charge in [-0.2, -0.15) is 8.78 Å². The highest BCUT2D eigenvalue weighted by Crippen LogP contribution is 2.59. The number of alkyl halides is 2. The molecule has 0 radical (unpaired) electrons. The average molecular weight is 740 g/mol. The summed E-state index contributed by atoms with van der Waals surface area (Å²) in [5.41, 5.74) is -3.27. The number of nitrogens with zero attached hydrogens (tertiary/aromatic N) is 2. The summed E-state index contributed by atoms with van der Waals surface area (Å²) in [6, 6.07) is 19.9. The van der Waals surface area contributed by atoms with Gasteiger partial charge in [0.25, 0.3) is 5.91 Å². The van der Waals surface area contributed by atoms with E-state index in [1.807, 2.05) is 61.5 Å². The molecule has 10 nitrogen and oxygen atoms in total. The number of ether oxygens (including phenoxy) is 1. The molecule has 0 aliphatic carbocycles. The Labute approximate surface area is 298 Å². The standard InChI is InChI=1S/C37H40F2N3O7PS/c1-22-19-41(21-29(49-22)23-10-6-5-7-11-23)34(44)28-17-24-12-8-9-13-25(24)20-42(28)35(45)32(36(2,3)4)40-33(43)31-18-26-16-27(14-15-30(26)51-31)37(38,39)50(46,47)48/h5-16,18,22,28-29,32H,17,19-21H2,1-4H3,(H,40,43)(H2,46,47,48)/t22?,28-,29+,32+/m0/s1. The Bertz CT molecular complexity index is 2010. The van der Waals surface area contributed by atoms with E-state index in [2.05, 4.69) is 5.32 Å². The van der Waals surface area contributed by atoms with Gasteiger partial charge in [0, 0.05) is 29.8 Å². The molecule has 1 saturated heterocycles. The predicted molar refractivity (Wildman–Crippen MR) is 189 cm³/mol. The number of fused-ring (bicyclic) bond motifs is 2. The van der Waals surface area contributed by atoms with Gasteiger partial charge in [0.2, 0.25) is 11.8 Å². The molecular weight excluding hydrogens is 699 g/mol. The summed E-state index contributed by atoms with van der Waals surface area (Å²) in [5.74, 6) is -1.27. The number of nitrogens with one attached hydrogen (secondary N) is 1. The quantitative estimate of drug-likeness (QED) is 0.192. The lowest BCUT2D eigenvalue weighted by Gasteiger charge is -2.44. The highest BCUT2D eigenvalue weighted by Gasteiger charge is 2.50. The van der Waals surface area contributed by atoms with E-state index in [1.165, 1.54) is 12.1 Å². The van der Waals surface area contributed by atoms with E-state index in [-0.39, 0.29) is 34.9 Å².